The highest BCUT2D eigenvalue weighted by Crippen LogP contribution is 2.65. The fraction of sp³-hybridized carbons (Fsp3) is 0.909. The van der Waals surface area contributed by atoms with Crippen molar-refractivity contribution in [3.63, 3.8) is 0 Å². The summed E-state index contributed by atoms with van der Waals surface area (Å²) in [7, 11) is 1.33. The molecule has 0 aliphatic heterocycles. The van der Waals surface area contributed by atoms with Crippen LogP contribution in [-0.4, -0.2) is 90.2 Å². The van der Waals surface area contributed by atoms with Crippen LogP contribution >= 0.6 is 21.6 Å². The number of unbranched alkanes of at least 4 members (excludes halogenated alkanes) is 4. The molecule has 0 aromatic carbocycles. The second-order valence-corrected chi connectivity index (χ2v) is 12.0. The first-order valence-corrected chi connectivity index (χ1v) is 15.0. The van der Waals surface area contributed by atoms with Gasteiger partial charge in [0.05, 0.1) is 0 Å². The molecule has 0 aromatic heterocycles. The molecule has 0 amide bonds. The van der Waals surface area contributed by atoms with Crippen molar-refractivity contribution in [2.24, 2.45) is 0 Å². The van der Waals surface area contributed by atoms with Crippen LogP contribution in [0.4, 0.5) is 83.4 Å². The van der Waals surface area contributed by atoms with Crippen molar-refractivity contribution in [3.05, 3.63) is 0 Å². The number of ether oxygens (including phenoxy) is 2. The van der Waals surface area contributed by atoms with Gasteiger partial charge in [-0.1, -0.05) is 54.2 Å². The van der Waals surface area contributed by atoms with Crippen LogP contribution in [0.3, 0.4) is 0 Å². The summed E-state index contributed by atoms with van der Waals surface area (Å²) >= 11 is 0. The minimum atomic E-state index is -9.07. The molecular formula is C22H23F19O4S2. The summed E-state index contributed by atoms with van der Waals surface area (Å²) in [4.78, 5) is 22.8. The Balaban J connectivity index is 5.49. The molecule has 0 fully saturated rings. The van der Waals surface area contributed by atoms with E-state index >= 15 is 0 Å². The van der Waals surface area contributed by atoms with Gasteiger partial charge >= 0.3 is 65.5 Å². The second kappa shape index (κ2) is 15.9. The van der Waals surface area contributed by atoms with Crippen LogP contribution in [-0.2, 0) is 19.1 Å². The molecule has 0 saturated carbocycles. The molecule has 280 valence electrons. The fourth-order valence-electron chi connectivity index (χ4n) is 3.00. The first-order chi connectivity index (χ1) is 20.9. The molecule has 0 aliphatic rings. The van der Waals surface area contributed by atoms with Gasteiger partial charge < -0.3 is 9.47 Å². The molecule has 47 heavy (non-hydrogen) atoms. The van der Waals surface area contributed by atoms with Crippen LogP contribution in [0.25, 0.3) is 0 Å². The van der Waals surface area contributed by atoms with Crippen LogP contribution in [0.2, 0.25) is 0 Å². The standard InChI is InChI=1S/C22H23F19O4S2/c1-2-3-4-5-6-7-12(42)44-8-10-46-47-11-9-45-13(43)14(23,24)15(25,26)16(27,28)17(29,30)18(31,32)19(33,34)20(35,36)21(37,38)22(39,40)41/h2-11H2,1H3. The van der Waals surface area contributed by atoms with Gasteiger partial charge in [0.1, 0.15) is 13.2 Å². The first-order valence-electron chi connectivity index (χ1n) is 12.5. The molecule has 0 rings (SSSR count). The van der Waals surface area contributed by atoms with E-state index in [0.29, 0.717) is 17.2 Å². The van der Waals surface area contributed by atoms with Gasteiger partial charge in [-0.25, -0.2) is 4.79 Å². The SMILES string of the molecule is CCCCCCCC(=O)OCCSSCCOC(=O)C(F)(F)C(F)(F)C(F)(F)C(F)(F)C(F)(F)C(F)(F)C(F)(F)C(F)(F)C(F)(F)F. The molecule has 4 nitrogen and oxygen atoms in total. The third-order valence-electron chi connectivity index (χ3n) is 5.77. The zero-order valence-corrected chi connectivity index (χ0v) is 24.8. The van der Waals surface area contributed by atoms with E-state index in [1.807, 2.05) is 6.92 Å². The zero-order valence-electron chi connectivity index (χ0n) is 23.2. The van der Waals surface area contributed by atoms with Gasteiger partial charge in [-0.2, -0.15) is 83.4 Å². The van der Waals surface area contributed by atoms with Crippen molar-refractivity contribution < 1.29 is 102 Å². The molecule has 0 saturated heterocycles. The molecule has 0 N–H and O–H groups in total. The number of esters is 2. The summed E-state index contributed by atoms with van der Waals surface area (Å²) < 4.78 is 261. The Labute approximate surface area is 260 Å². The smallest absolute Gasteiger partial charge is 0.460 e. The molecule has 0 radical (unpaired) electrons. The second-order valence-electron chi connectivity index (χ2n) is 9.26. The number of rotatable bonds is 21. The maximum Gasteiger partial charge on any atom is 0.460 e. The highest BCUT2D eigenvalue weighted by molar-refractivity contribution is 8.76. The monoisotopic (exact) mass is 776 g/mol. The molecule has 0 atom stereocenters. The van der Waals surface area contributed by atoms with Crippen LogP contribution < -0.4 is 0 Å². The quantitative estimate of drug-likeness (QED) is 0.0502. The van der Waals surface area contributed by atoms with Crippen LogP contribution in [0.5, 0.6) is 0 Å². The normalized spacial score (nSPS) is 14.7. The zero-order chi connectivity index (χ0) is 37.6. The van der Waals surface area contributed by atoms with Crippen molar-refractivity contribution in [1.82, 2.24) is 0 Å². The lowest BCUT2D eigenvalue weighted by Crippen LogP contribution is -2.76. The molecule has 25 heteroatoms. The minimum Gasteiger partial charge on any atom is -0.465 e. The van der Waals surface area contributed by atoms with E-state index in [9.17, 15) is 93.0 Å². The average molecular weight is 777 g/mol. The lowest BCUT2D eigenvalue weighted by molar-refractivity contribution is -0.467. The highest BCUT2D eigenvalue weighted by atomic mass is 33.1. The van der Waals surface area contributed by atoms with Crippen LogP contribution in [0, 0.1) is 0 Å². The predicted octanol–water partition coefficient (Wildman–Crippen LogP) is 9.46. The van der Waals surface area contributed by atoms with Crippen molar-refractivity contribution in [1.29, 1.82) is 0 Å². The van der Waals surface area contributed by atoms with Gasteiger partial charge in [-0.05, 0) is 6.42 Å². The highest BCUT2D eigenvalue weighted by Gasteiger charge is 2.97. The van der Waals surface area contributed by atoms with E-state index in [-0.39, 0.29) is 18.8 Å². The van der Waals surface area contributed by atoms with Gasteiger partial charge in [0.2, 0.25) is 0 Å². The summed E-state index contributed by atoms with van der Waals surface area (Å²) in [6.07, 6.45) is -3.72. The van der Waals surface area contributed by atoms with E-state index in [0.717, 1.165) is 36.5 Å². The molecule has 0 aromatic rings. The fourth-order valence-corrected chi connectivity index (χ4v) is 4.65. The lowest BCUT2D eigenvalue weighted by Gasteiger charge is -2.43. The van der Waals surface area contributed by atoms with Crippen molar-refractivity contribution in [2.75, 3.05) is 24.7 Å². The Morgan fingerprint density at radius 2 is 0.851 bits per heavy atom. The van der Waals surface area contributed by atoms with Gasteiger partial charge in [0.25, 0.3) is 0 Å². The van der Waals surface area contributed by atoms with Gasteiger partial charge in [0, 0.05) is 17.9 Å². The van der Waals surface area contributed by atoms with Gasteiger partial charge in [-0.15, -0.1) is 0 Å². The third-order valence-corrected chi connectivity index (χ3v) is 8.10. The molecule has 0 aliphatic carbocycles. The van der Waals surface area contributed by atoms with E-state index in [2.05, 4.69) is 4.74 Å². The Morgan fingerprint density at radius 1 is 0.489 bits per heavy atom. The van der Waals surface area contributed by atoms with Crippen LogP contribution in [0.1, 0.15) is 45.4 Å². The molecule has 0 spiro atoms. The Morgan fingerprint density at radius 3 is 1.26 bits per heavy atom. The molecule has 0 unspecified atom stereocenters. The van der Waals surface area contributed by atoms with E-state index in [4.69, 9.17) is 4.74 Å². The maximum absolute atomic E-state index is 13.9. The van der Waals surface area contributed by atoms with Crippen molar-refractivity contribution >= 4 is 33.5 Å². The summed E-state index contributed by atoms with van der Waals surface area (Å²) in [5.74, 6) is -73.8. The number of carbonyl (C=O) groups is 2. The van der Waals surface area contributed by atoms with E-state index in [1.54, 1.807) is 0 Å². The number of carbonyl (C=O) groups excluding carboxylic acids is 2. The summed E-state index contributed by atoms with van der Waals surface area (Å²) in [5.41, 5.74) is 0. The first kappa shape index (κ1) is 45.3. The predicted molar refractivity (Wildman–Crippen MR) is 126 cm³/mol. The van der Waals surface area contributed by atoms with E-state index < -0.39 is 77.9 Å². The third kappa shape index (κ3) is 8.92. The van der Waals surface area contributed by atoms with Crippen molar-refractivity contribution in [2.45, 2.75) is 99.0 Å². The Kier molecular flexibility index (Phi) is 15.3. The maximum atomic E-state index is 13.9. The van der Waals surface area contributed by atoms with Gasteiger partial charge in [0.15, 0.2) is 0 Å². The van der Waals surface area contributed by atoms with Crippen LogP contribution in [0.15, 0.2) is 0 Å². The molecule has 0 bridgehead atoms. The average Bonchev–Trinajstić information content (AvgIpc) is 2.92. The number of hydrogen-bond acceptors (Lipinski definition) is 6. The van der Waals surface area contributed by atoms with E-state index in [1.165, 1.54) is 0 Å². The lowest BCUT2D eigenvalue weighted by atomic mass is 9.87. The molecular weight excluding hydrogens is 753 g/mol. The number of alkyl halides is 19. The number of halogens is 19. The summed E-state index contributed by atoms with van der Waals surface area (Å²) in [6.45, 7) is 0.329. The van der Waals surface area contributed by atoms with Gasteiger partial charge in [-0.3, -0.25) is 4.79 Å². The topological polar surface area (TPSA) is 52.6 Å². The van der Waals surface area contributed by atoms with Crippen molar-refractivity contribution in [3.8, 4) is 0 Å². The molecule has 0 heterocycles. The largest absolute Gasteiger partial charge is 0.465 e. The Hall–Kier alpha value is -1.69. The number of hydrogen-bond donors (Lipinski definition) is 0. The minimum absolute atomic E-state index is 0.0114. The Bertz CT molecular complexity index is 1030. The summed E-state index contributed by atoms with van der Waals surface area (Å²) in [6, 6.07) is 0. The summed E-state index contributed by atoms with van der Waals surface area (Å²) in [5, 5.41) is 0.